The highest BCUT2D eigenvalue weighted by atomic mass is 35.5. The number of rotatable bonds is 6. The van der Waals surface area contributed by atoms with Gasteiger partial charge in [-0.2, -0.15) is 0 Å². The molecule has 2 rings (SSSR count). The predicted octanol–water partition coefficient (Wildman–Crippen LogP) is 4.11. The first-order chi connectivity index (χ1) is 10.2. The standard InChI is InChI=1S/C17H17ClO3/c1-2-20-17(19)16(18)14-9-6-10-15(11-14)21-12-13-7-4-3-5-8-13/h3-11,16H,2,12H2,1H3/t16-/m0/s1. The molecule has 0 heterocycles. The zero-order chi connectivity index (χ0) is 15.1. The number of hydrogen-bond donors (Lipinski definition) is 0. The Morgan fingerprint density at radius 2 is 1.90 bits per heavy atom. The van der Waals surface area contributed by atoms with Crippen LogP contribution in [-0.4, -0.2) is 12.6 Å². The highest BCUT2D eigenvalue weighted by molar-refractivity contribution is 6.29. The van der Waals surface area contributed by atoms with E-state index in [0.29, 0.717) is 24.5 Å². The highest BCUT2D eigenvalue weighted by Gasteiger charge is 2.19. The van der Waals surface area contributed by atoms with Crippen molar-refractivity contribution < 1.29 is 14.3 Å². The molecule has 0 amide bonds. The Labute approximate surface area is 129 Å². The van der Waals surface area contributed by atoms with Crippen LogP contribution in [0.25, 0.3) is 0 Å². The number of carbonyl (C=O) groups is 1. The predicted molar refractivity (Wildman–Crippen MR) is 82.4 cm³/mol. The van der Waals surface area contributed by atoms with Crippen LogP contribution in [0.15, 0.2) is 54.6 Å². The third kappa shape index (κ3) is 4.50. The third-order valence-electron chi connectivity index (χ3n) is 2.89. The summed E-state index contributed by atoms with van der Waals surface area (Å²) in [7, 11) is 0. The molecule has 2 aromatic carbocycles. The molecule has 3 nitrogen and oxygen atoms in total. The normalized spacial score (nSPS) is 11.7. The minimum absolute atomic E-state index is 0.312. The first kappa shape index (κ1) is 15.4. The second kappa shape index (κ2) is 7.70. The molecule has 0 saturated carbocycles. The Morgan fingerprint density at radius 3 is 2.62 bits per heavy atom. The molecule has 21 heavy (non-hydrogen) atoms. The maximum Gasteiger partial charge on any atom is 0.328 e. The summed E-state index contributed by atoms with van der Waals surface area (Å²) in [5.41, 5.74) is 1.75. The fourth-order valence-corrected chi connectivity index (χ4v) is 2.05. The summed E-state index contributed by atoms with van der Waals surface area (Å²) in [4.78, 5) is 11.6. The molecule has 0 fully saturated rings. The molecule has 110 valence electrons. The first-order valence-electron chi connectivity index (χ1n) is 6.78. The monoisotopic (exact) mass is 304 g/mol. The topological polar surface area (TPSA) is 35.5 Å². The molecule has 1 atom stereocenters. The number of ether oxygens (including phenoxy) is 2. The lowest BCUT2D eigenvalue weighted by Crippen LogP contribution is -2.11. The summed E-state index contributed by atoms with van der Waals surface area (Å²) in [5, 5.41) is -0.815. The van der Waals surface area contributed by atoms with Gasteiger partial charge in [-0.1, -0.05) is 42.5 Å². The summed E-state index contributed by atoms with van der Waals surface area (Å²) in [5.74, 6) is 0.227. The summed E-state index contributed by atoms with van der Waals surface area (Å²) in [6.07, 6.45) is 0. The van der Waals surface area contributed by atoms with Gasteiger partial charge in [-0.25, -0.2) is 0 Å². The highest BCUT2D eigenvalue weighted by Crippen LogP contribution is 2.26. The minimum Gasteiger partial charge on any atom is -0.489 e. The lowest BCUT2D eigenvalue weighted by molar-refractivity contribution is -0.142. The summed E-state index contributed by atoms with van der Waals surface area (Å²) < 4.78 is 10.6. The van der Waals surface area contributed by atoms with Gasteiger partial charge in [0.05, 0.1) is 6.61 Å². The van der Waals surface area contributed by atoms with Crippen molar-refractivity contribution in [3.05, 3.63) is 65.7 Å². The number of halogens is 1. The van der Waals surface area contributed by atoms with Crippen molar-refractivity contribution in [1.82, 2.24) is 0 Å². The van der Waals surface area contributed by atoms with Crippen molar-refractivity contribution in [2.75, 3.05) is 6.61 Å². The van der Waals surface area contributed by atoms with Crippen LogP contribution in [0.4, 0.5) is 0 Å². The maximum absolute atomic E-state index is 11.6. The largest absolute Gasteiger partial charge is 0.489 e. The van der Waals surface area contributed by atoms with Crippen LogP contribution in [-0.2, 0) is 16.1 Å². The summed E-state index contributed by atoms with van der Waals surface area (Å²) in [6.45, 7) is 2.53. The molecule has 0 aromatic heterocycles. The smallest absolute Gasteiger partial charge is 0.328 e. The van der Waals surface area contributed by atoms with Gasteiger partial charge in [-0.05, 0) is 30.2 Å². The number of alkyl halides is 1. The van der Waals surface area contributed by atoms with Gasteiger partial charge in [0.2, 0.25) is 0 Å². The van der Waals surface area contributed by atoms with E-state index in [-0.39, 0.29) is 0 Å². The van der Waals surface area contributed by atoms with E-state index >= 15 is 0 Å². The Morgan fingerprint density at radius 1 is 1.14 bits per heavy atom. The molecule has 0 unspecified atom stereocenters. The van der Waals surface area contributed by atoms with Crippen molar-refractivity contribution in [3.8, 4) is 5.75 Å². The molecule has 2 aromatic rings. The van der Waals surface area contributed by atoms with Crippen molar-refractivity contribution in [3.63, 3.8) is 0 Å². The number of benzene rings is 2. The van der Waals surface area contributed by atoms with E-state index in [9.17, 15) is 4.79 Å². The van der Waals surface area contributed by atoms with Gasteiger partial charge in [0, 0.05) is 0 Å². The lowest BCUT2D eigenvalue weighted by Gasteiger charge is -2.11. The van der Waals surface area contributed by atoms with Crippen LogP contribution in [0.1, 0.15) is 23.4 Å². The van der Waals surface area contributed by atoms with Crippen molar-refractivity contribution in [2.24, 2.45) is 0 Å². The van der Waals surface area contributed by atoms with Gasteiger partial charge >= 0.3 is 5.97 Å². The van der Waals surface area contributed by atoms with Gasteiger partial charge in [0.1, 0.15) is 12.4 Å². The summed E-state index contributed by atoms with van der Waals surface area (Å²) >= 11 is 6.09. The molecule has 0 aliphatic carbocycles. The van der Waals surface area contributed by atoms with Crippen LogP contribution >= 0.6 is 11.6 Å². The van der Waals surface area contributed by atoms with Gasteiger partial charge in [-0.3, -0.25) is 4.79 Å². The SMILES string of the molecule is CCOC(=O)[C@@H](Cl)c1cccc(OCc2ccccc2)c1. The van der Waals surface area contributed by atoms with Crippen LogP contribution in [0, 0.1) is 0 Å². The number of hydrogen-bond acceptors (Lipinski definition) is 3. The lowest BCUT2D eigenvalue weighted by atomic mass is 10.1. The van der Waals surface area contributed by atoms with Crippen LogP contribution in [0.5, 0.6) is 5.75 Å². The fourth-order valence-electron chi connectivity index (χ4n) is 1.85. The maximum atomic E-state index is 11.6. The number of carbonyl (C=O) groups excluding carboxylic acids is 1. The average Bonchev–Trinajstić information content (AvgIpc) is 2.54. The molecule has 0 spiro atoms. The van der Waals surface area contributed by atoms with Crippen LogP contribution in [0.3, 0.4) is 0 Å². The Balaban J connectivity index is 2.02. The van der Waals surface area contributed by atoms with E-state index < -0.39 is 11.3 Å². The van der Waals surface area contributed by atoms with Gasteiger partial charge < -0.3 is 9.47 Å². The third-order valence-corrected chi connectivity index (χ3v) is 3.32. The van der Waals surface area contributed by atoms with E-state index in [0.717, 1.165) is 5.56 Å². The molecule has 4 heteroatoms. The molecule has 0 bridgehead atoms. The molecule has 0 N–H and O–H groups in total. The van der Waals surface area contributed by atoms with E-state index in [1.165, 1.54) is 0 Å². The van der Waals surface area contributed by atoms with Crippen LogP contribution < -0.4 is 4.74 Å². The van der Waals surface area contributed by atoms with E-state index in [4.69, 9.17) is 21.1 Å². The zero-order valence-corrected chi connectivity index (χ0v) is 12.5. The Kier molecular flexibility index (Phi) is 5.64. The molecule has 0 aliphatic rings. The van der Waals surface area contributed by atoms with Crippen molar-refractivity contribution >= 4 is 17.6 Å². The minimum atomic E-state index is -0.815. The Bertz CT molecular complexity index is 584. The van der Waals surface area contributed by atoms with E-state index in [1.54, 1.807) is 19.1 Å². The second-order valence-corrected chi connectivity index (χ2v) is 4.90. The molecule has 0 radical (unpaired) electrons. The van der Waals surface area contributed by atoms with Crippen LogP contribution in [0.2, 0.25) is 0 Å². The van der Waals surface area contributed by atoms with Crippen molar-refractivity contribution in [1.29, 1.82) is 0 Å². The van der Waals surface area contributed by atoms with Gasteiger partial charge in [0.15, 0.2) is 5.38 Å². The Hall–Kier alpha value is -2.00. The fraction of sp³-hybridized carbons (Fsp3) is 0.235. The quantitative estimate of drug-likeness (QED) is 0.595. The van der Waals surface area contributed by atoms with Gasteiger partial charge in [-0.15, -0.1) is 11.6 Å². The van der Waals surface area contributed by atoms with E-state index in [2.05, 4.69) is 0 Å². The zero-order valence-electron chi connectivity index (χ0n) is 11.8. The number of esters is 1. The molecule has 0 saturated heterocycles. The molecule has 0 aliphatic heterocycles. The summed E-state index contributed by atoms with van der Waals surface area (Å²) in [6, 6.07) is 17.1. The molecular weight excluding hydrogens is 288 g/mol. The van der Waals surface area contributed by atoms with Gasteiger partial charge in [0.25, 0.3) is 0 Å². The first-order valence-corrected chi connectivity index (χ1v) is 7.21. The second-order valence-electron chi connectivity index (χ2n) is 4.46. The van der Waals surface area contributed by atoms with Crippen molar-refractivity contribution in [2.45, 2.75) is 18.9 Å². The molecular formula is C17H17ClO3. The average molecular weight is 305 g/mol. The van der Waals surface area contributed by atoms with E-state index in [1.807, 2.05) is 42.5 Å².